The van der Waals surface area contributed by atoms with Crippen LogP contribution in [0.25, 0.3) is 0 Å². The van der Waals surface area contributed by atoms with E-state index in [4.69, 9.17) is 0 Å². The molecule has 2 rings (SSSR count). The highest BCUT2D eigenvalue weighted by Gasteiger charge is 2.38. The summed E-state index contributed by atoms with van der Waals surface area (Å²) >= 11 is 0. The Kier molecular flexibility index (Phi) is 5.40. The second kappa shape index (κ2) is 7.08. The molecule has 21 heavy (non-hydrogen) atoms. The van der Waals surface area contributed by atoms with Crippen LogP contribution in [0.4, 0.5) is 0 Å². The zero-order chi connectivity index (χ0) is 15.3. The van der Waals surface area contributed by atoms with Gasteiger partial charge in [-0.15, -0.1) is 0 Å². The lowest BCUT2D eigenvalue weighted by atomic mass is 9.74. The molecular formula is C18H28N2O. The lowest BCUT2D eigenvalue weighted by molar-refractivity contribution is -0.142. The normalized spacial score (nSPS) is 19.3. The average Bonchev–Trinajstić information content (AvgIpc) is 2.53. The summed E-state index contributed by atoms with van der Waals surface area (Å²) in [5.74, 6) is 0.713. The van der Waals surface area contributed by atoms with Gasteiger partial charge in [0, 0.05) is 19.0 Å². The van der Waals surface area contributed by atoms with Gasteiger partial charge in [-0.2, -0.15) is 0 Å². The first-order chi connectivity index (χ1) is 10.0. The van der Waals surface area contributed by atoms with Crippen LogP contribution < -0.4 is 5.32 Å². The molecule has 0 radical (unpaired) electrons. The Hall–Kier alpha value is -1.35. The van der Waals surface area contributed by atoms with Crippen molar-refractivity contribution in [1.29, 1.82) is 0 Å². The van der Waals surface area contributed by atoms with Gasteiger partial charge in [0.15, 0.2) is 0 Å². The van der Waals surface area contributed by atoms with Gasteiger partial charge in [-0.1, -0.05) is 44.2 Å². The molecule has 1 N–H and O–H groups in total. The largest absolute Gasteiger partial charge is 0.345 e. The van der Waals surface area contributed by atoms with E-state index >= 15 is 0 Å². The van der Waals surface area contributed by atoms with E-state index in [9.17, 15) is 4.79 Å². The predicted molar refractivity (Wildman–Crippen MR) is 87.2 cm³/mol. The molecule has 3 heteroatoms. The minimum Gasteiger partial charge on any atom is -0.345 e. The van der Waals surface area contributed by atoms with Crippen LogP contribution in [0.5, 0.6) is 0 Å². The Balaban J connectivity index is 1.91. The smallest absolute Gasteiger partial charge is 0.228 e. The van der Waals surface area contributed by atoms with Crippen LogP contribution in [0.3, 0.4) is 0 Å². The molecule has 0 spiro atoms. The van der Waals surface area contributed by atoms with Gasteiger partial charge < -0.3 is 10.2 Å². The Morgan fingerprint density at radius 1 is 1.33 bits per heavy atom. The fourth-order valence-corrected chi connectivity index (χ4v) is 3.18. The molecular weight excluding hydrogens is 260 g/mol. The number of piperidine rings is 1. The minimum atomic E-state index is -0.279. The van der Waals surface area contributed by atoms with Crippen LogP contribution in [-0.4, -0.2) is 37.5 Å². The average molecular weight is 288 g/mol. The summed E-state index contributed by atoms with van der Waals surface area (Å²) in [7, 11) is 1.93. The number of likely N-dealkylation sites (N-methyl/N-ethyl adjacent to an activating group) is 1. The van der Waals surface area contributed by atoms with Crippen molar-refractivity contribution in [3.63, 3.8) is 0 Å². The maximum absolute atomic E-state index is 12.8. The number of hydrogen-bond donors (Lipinski definition) is 1. The summed E-state index contributed by atoms with van der Waals surface area (Å²) in [6.45, 7) is 7.04. The van der Waals surface area contributed by atoms with Gasteiger partial charge in [0.1, 0.15) is 0 Å². The van der Waals surface area contributed by atoms with Crippen molar-refractivity contribution in [1.82, 2.24) is 10.2 Å². The van der Waals surface area contributed by atoms with E-state index in [-0.39, 0.29) is 11.3 Å². The molecule has 0 aliphatic carbocycles. The van der Waals surface area contributed by atoms with Crippen LogP contribution in [0, 0.1) is 11.3 Å². The van der Waals surface area contributed by atoms with Gasteiger partial charge in [0.2, 0.25) is 5.91 Å². The van der Waals surface area contributed by atoms with E-state index in [0.717, 1.165) is 32.5 Å². The molecule has 1 aliphatic heterocycles. The molecule has 1 atom stereocenters. The molecule has 1 heterocycles. The van der Waals surface area contributed by atoms with E-state index in [1.165, 1.54) is 12.0 Å². The molecule has 3 nitrogen and oxygen atoms in total. The van der Waals surface area contributed by atoms with Crippen LogP contribution in [0.1, 0.15) is 32.3 Å². The number of nitrogens with one attached hydrogen (secondary N) is 1. The first kappa shape index (κ1) is 16.0. The molecule has 0 saturated carbocycles. The number of carbonyl (C=O) groups is 1. The standard InChI is InChI=1S/C18H28N2O/c1-18(2,16-10-7-12-19-14-16)17(21)20(3)13-11-15-8-5-4-6-9-15/h4-6,8-9,16,19H,7,10-14H2,1-3H3. The first-order valence-corrected chi connectivity index (χ1v) is 8.02. The highest BCUT2D eigenvalue weighted by molar-refractivity contribution is 5.82. The van der Waals surface area contributed by atoms with Crippen LogP contribution >= 0.6 is 0 Å². The molecule has 1 fully saturated rings. The highest BCUT2D eigenvalue weighted by atomic mass is 16.2. The third kappa shape index (κ3) is 4.07. The quantitative estimate of drug-likeness (QED) is 0.903. The van der Waals surface area contributed by atoms with E-state index in [2.05, 4.69) is 43.4 Å². The Labute approximate surface area is 128 Å². The molecule has 1 unspecified atom stereocenters. The maximum atomic E-state index is 12.8. The van der Waals surface area contributed by atoms with Crippen molar-refractivity contribution in [2.24, 2.45) is 11.3 Å². The molecule has 116 valence electrons. The van der Waals surface area contributed by atoms with Crippen molar-refractivity contribution in [3.8, 4) is 0 Å². The van der Waals surface area contributed by atoms with Gasteiger partial charge in [-0.25, -0.2) is 0 Å². The van der Waals surface area contributed by atoms with Crippen LogP contribution in [0.2, 0.25) is 0 Å². The van der Waals surface area contributed by atoms with Gasteiger partial charge in [-0.05, 0) is 43.8 Å². The topological polar surface area (TPSA) is 32.3 Å². The lowest BCUT2D eigenvalue weighted by Crippen LogP contribution is -2.48. The first-order valence-electron chi connectivity index (χ1n) is 8.02. The van der Waals surface area contributed by atoms with E-state index in [1.807, 2.05) is 18.0 Å². The van der Waals surface area contributed by atoms with Crippen molar-refractivity contribution in [3.05, 3.63) is 35.9 Å². The number of rotatable bonds is 5. The van der Waals surface area contributed by atoms with Crippen LogP contribution in [0.15, 0.2) is 30.3 Å². The maximum Gasteiger partial charge on any atom is 0.228 e. The lowest BCUT2D eigenvalue weighted by Gasteiger charge is -2.38. The zero-order valence-electron chi connectivity index (χ0n) is 13.6. The molecule has 1 aromatic rings. The van der Waals surface area contributed by atoms with Crippen molar-refractivity contribution in [2.45, 2.75) is 33.1 Å². The third-order valence-electron chi connectivity index (χ3n) is 4.79. The van der Waals surface area contributed by atoms with Crippen molar-refractivity contribution < 1.29 is 4.79 Å². The van der Waals surface area contributed by atoms with Crippen LogP contribution in [-0.2, 0) is 11.2 Å². The van der Waals surface area contributed by atoms with Crippen molar-refractivity contribution >= 4 is 5.91 Å². The summed E-state index contributed by atoms with van der Waals surface area (Å²) in [6, 6.07) is 10.4. The fraction of sp³-hybridized carbons (Fsp3) is 0.611. The summed E-state index contributed by atoms with van der Waals surface area (Å²) in [5.41, 5.74) is 1.01. The minimum absolute atomic E-state index is 0.270. The number of carbonyl (C=O) groups excluding carboxylic acids is 1. The second-order valence-electron chi connectivity index (χ2n) is 6.73. The van der Waals surface area contributed by atoms with E-state index < -0.39 is 0 Å². The zero-order valence-corrected chi connectivity index (χ0v) is 13.6. The number of benzene rings is 1. The van der Waals surface area contributed by atoms with Gasteiger partial charge in [-0.3, -0.25) is 4.79 Å². The SMILES string of the molecule is CN(CCc1ccccc1)C(=O)C(C)(C)C1CCCNC1. The Morgan fingerprint density at radius 2 is 2.05 bits per heavy atom. The van der Waals surface area contributed by atoms with Crippen molar-refractivity contribution in [2.75, 3.05) is 26.7 Å². The summed E-state index contributed by atoms with van der Waals surface area (Å²) in [6.07, 6.45) is 3.25. The molecule has 1 aromatic carbocycles. The van der Waals surface area contributed by atoms with Gasteiger partial charge in [0.25, 0.3) is 0 Å². The third-order valence-corrected chi connectivity index (χ3v) is 4.79. The number of amides is 1. The number of nitrogens with zero attached hydrogens (tertiary/aromatic N) is 1. The van der Waals surface area contributed by atoms with Gasteiger partial charge >= 0.3 is 0 Å². The fourth-order valence-electron chi connectivity index (χ4n) is 3.18. The number of hydrogen-bond acceptors (Lipinski definition) is 2. The summed E-state index contributed by atoms with van der Waals surface area (Å²) in [4.78, 5) is 14.7. The summed E-state index contributed by atoms with van der Waals surface area (Å²) in [5, 5.41) is 3.42. The molecule has 0 bridgehead atoms. The highest BCUT2D eigenvalue weighted by Crippen LogP contribution is 2.33. The predicted octanol–water partition coefficient (Wildman–Crippen LogP) is 2.71. The van der Waals surface area contributed by atoms with E-state index in [1.54, 1.807) is 0 Å². The molecule has 1 aliphatic rings. The second-order valence-corrected chi connectivity index (χ2v) is 6.73. The molecule has 1 amide bonds. The monoisotopic (exact) mass is 288 g/mol. The summed E-state index contributed by atoms with van der Waals surface area (Å²) < 4.78 is 0. The Morgan fingerprint density at radius 3 is 2.67 bits per heavy atom. The Bertz CT molecular complexity index is 450. The van der Waals surface area contributed by atoms with E-state index in [0.29, 0.717) is 5.92 Å². The molecule has 0 aromatic heterocycles. The molecule has 1 saturated heterocycles. The van der Waals surface area contributed by atoms with Gasteiger partial charge in [0.05, 0.1) is 0 Å².